The van der Waals surface area contributed by atoms with Crippen molar-refractivity contribution in [2.75, 3.05) is 26.8 Å². The first kappa shape index (κ1) is 16.3. The van der Waals surface area contributed by atoms with Crippen molar-refractivity contribution in [3.05, 3.63) is 71.8 Å². The molecule has 0 aliphatic heterocycles. The molecule has 0 aliphatic carbocycles. The Morgan fingerprint density at radius 3 is 2.64 bits per heavy atom. The lowest BCUT2D eigenvalue weighted by Crippen LogP contribution is -2.27. The SMILES string of the molecule is COCCN(C/C=C/c1ccccc1)Cc1cccc(O)c1. The Morgan fingerprint density at radius 1 is 1.09 bits per heavy atom. The Balaban J connectivity index is 1.95. The van der Waals surface area contributed by atoms with Crippen LogP contribution < -0.4 is 0 Å². The predicted molar refractivity (Wildman–Crippen MR) is 90.7 cm³/mol. The van der Waals surface area contributed by atoms with E-state index in [2.05, 4.69) is 29.2 Å². The Bertz CT molecular complexity index is 581. The van der Waals surface area contributed by atoms with E-state index in [0.717, 1.165) is 25.2 Å². The van der Waals surface area contributed by atoms with Crippen LogP contribution in [0.5, 0.6) is 5.75 Å². The van der Waals surface area contributed by atoms with Crippen molar-refractivity contribution < 1.29 is 9.84 Å². The molecule has 0 saturated heterocycles. The zero-order valence-corrected chi connectivity index (χ0v) is 13.0. The lowest BCUT2D eigenvalue weighted by atomic mass is 10.2. The summed E-state index contributed by atoms with van der Waals surface area (Å²) in [5.74, 6) is 0.309. The van der Waals surface area contributed by atoms with Crippen LogP contribution >= 0.6 is 0 Å². The highest BCUT2D eigenvalue weighted by Gasteiger charge is 2.04. The van der Waals surface area contributed by atoms with Crippen molar-refractivity contribution in [1.82, 2.24) is 4.90 Å². The number of ether oxygens (including phenoxy) is 1. The zero-order valence-electron chi connectivity index (χ0n) is 13.0. The van der Waals surface area contributed by atoms with Crippen LogP contribution in [0.3, 0.4) is 0 Å². The van der Waals surface area contributed by atoms with Gasteiger partial charge in [-0.2, -0.15) is 0 Å². The Hall–Kier alpha value is -2.10. The Labute approximate surface area is 132 Å². The third-order valence-corrected chi connectivity index (χ3v) is 3.40. The molecule has 2 aromatic carbocycles. The molecular weight excluding hydrogens is 274 g/mol. The molecule has 22 heavy (non-hydrogen) atoms. The van der Waals surface area contributed by atoms with Crippen LogP contribution in [0.2, 0.25) is 0 Å². The zero-order chi connectivity index (χ0) is 15.6. The molecule has 2 aromatic rings. The normalized spacial score (nSPS) is 11.4. The molecule has 0 atom stereocenters. The molecule has 0 fully saturated rings. The summed E-state index contributed by atoms with van der Waals surface area (Å²) < 4.78 is 5.18. The largest absolute Gasteiger partial charge is 0.508 e. The average Bonchev–Trinajstić information content (AvgIpc) is 2.53. The third-order valence-electron chi connectivity index (χ3n) is 3.40. The van der Waals surface area contributed by atoms with E-state index in [1.807, 2.05) is 30.3 Å². The second-order valence-electron chi connectivity index (χ2n) is 5.21. The van der Waals surface area contributed by atoms with E-state index in [0.29, 0.717) is 12.4 Å². The van der Waals surface area contributed by atoms with Crippen LogP contribution in [0.25, 0.3) is 6.08 Å². The quantitative estimate of drug-likeness (QED) is 0.809. The number of hydrogen-bond donors (Lipinski definition) is 1. The number of methoxy groups -OCH3 is 1. The first-order chi connectivity index (χ1) is 10.8. The fourth-order valence-electron chi connectivity index (χ4n) is 2.27. The summed E-state index contributed by atoms with van der Waals surface area (Å²) in [5.41, 5.74) is 2.30. The molecule has 0 bridgehead atoms. The van der Waals surface area contributed by atoms with Gasteiger partial charge in [0.25, 0.3) is 0 Å². The molecule has 0 amide bonds. The van der Waals surface area contributed by atoms with Gasteiger partial charge in [-0.1, -0.05) is 54.6 Å². The van der Waals surface area contributed by atoms with Crippen molar-refractivity contribution in [3.8, 4) is 5.75 Å². The minimum atomic E-state index is 0.309. The smallest absolute Gasteiger partial charge is 0.115 e. The number of rotatable bonds is 8. The van der Waals surface area contributed by atoms with Crippen LogP contribution in [0.1, 0.15) is 11.1 Å². The van der Waals surface area contributed by atoms with Crippen LogP contribution in [0.15, 0.2) is 60.7 Å². The number of benzene rings is 2. The first-order valence-corrected chi connectivity index (χ1v) is 7.49. The van der Waals surface area contributed by atoms with Gasteiger partial charge in [-0.15, -0.1) is 0 Å². The van der Waals surface area contributed by atoms with Crippen LogP contribution in [-0.2, 0) is 11.3 Å². The molecule has 3 heteroatoms. The number of nitrogens with zero attached hydrogens (tertiary/aromatic N) is 1. The van der Waals surface area contributed by atoms with Crippen molar-refractivity contribution in [2.45, 2.75) is 6.54 Å². The van der Waals surface area contributed by atoms with Gasteiger partial charge >= 0.3 is 0 Å². The lowest BCUT2D eigenvalue weighted by molar-refractivity contribution is 0.151. The average molecular weight is 297 g/mol. The van der Waals surface area contributed by atoms with E-state index < -0.39 is 0 Å². The minimum absolute atomic E-state index is 0.309. The van der Waals surface area contributed by atoms with Gasteiger partial charge in [-0.05, 0) is 23.3 Å². The topological polar surface area (TPSA) is 32.7 Å². The van der Waals surface area contributed by atoms with Gasteiger partial charge in [0.05, 0.1) is 6.61 Å². The summed E-state index contributed by atoms with van der Waals surface area (Å²) in [7, 11) is 1.71. The molecule has 1 N–H and O–H groups in total. The summed E-state index contributed by atoms with van der Waals surface area (Å²) in [5, 5.41) is 9.57. The Kier molecular flexibility index (Phi) is 6.68. The Morgan fingerprint density at radius 2 is 1.91 bits per heavy atom. The molecule has 2 rings (SSSR count). The van der Waals surface area contributed by atoms with Gasteiger partial charge in [0, 0.05) is 26.7 Å². The van der Waals surface area contributed by atoms with Gasteiger partial charge in [0.2, 0.25) is 0 Å². The molecule has 0 aliphatic rings. The van der Waals surface area contributed by atoms with Crippen molar-refractivity contribution in [3.63, 3.8) is 0 Å². The molecule has 3 nitrogen and oxygen atoms in total. The number of hydrogen-bond acceptors (Lipinski definition) is 3. The number of aromatic hydroxyl groups is 1. The number of phenolic OH excluding ortho intramolecular Hbond substituents is 1. The highest BCUT2D eigenvalue weighted by Crippen LogP contribution is 2.13. The lowest BCUT2D eigenvalue weighted by Gasteiger charge is -2.20. The fraction of sp³-hybridized carbons (Fsp3) is 0.263. The molecular formula is C19H23NO2. The highest BCUT2D eigenvalue weighted by atomic mass is 16.5. The first-order valence-electron chi connectivity index (χ1n) is 7.49. The van der Waals surface area contributed by atoms with Gasteiger partial charge in [0.1, 0.15) is 5.75 Å². The second kappa shape index (κ2) is 9.03. The number of phenols is 1. The van der Waals surface area contributed by atoms with Crippen molar-refractivity contribution in [2.24, 2.45) is 0 Å². The minimum Gasteiger partial charge on any atom is -0.508 e. The molecule has 0 spiro atoms. The summed E-state index contributed by atoms with van der Waals surface area (Å²) in [6, 6.07) is 17.7. The molecule has 0 heterocycles. The maximum Gasteiger partial charge on any atom is 0.115 e. The molecule has 0 aromatic heterocycles. The summed E-state index contributed by atoms with van der Waals surface area (Å²) in [6.45, 7) is 3.17. The summed E-state index contributed by atoms with van der Waals surface area (Å²) in [6.07, 6.45) is 4.29. The summed E-state index contributed by atoms with van der Waals surface area (Å²) >= 11 is 0. The fourth-order valence-corrected chi connectivity index (χ4v) is 2.27. The van der Waals surface area contributed by atoms with Gasteiger partial charge < -0.3 is 9.84 Å². The third kappa shape index (κ3) is 5.72. The van der Waals surface area contributed by atoms with E-state index in [9.17, 15) is 5.11 Å². The van der Waals surface area contributed by atoms with Crippen LogP contribution in [0.4, 0.5) is 0 Å². The van der Waals surface area contributed by atoms with E-state index in [-0.39, 0.29) is 0 Å². The molecule has 0 unspecified atom stereocenters. The molecule has 0 saturated carbocycles. The summed E-state index contributed by atoms with van der Waals surface area (Å²) in [4.78, 5) is 2.29. The van der Waals surface area contributed by atoms with Crippen LogP contribution in [0, 0.1) is 0 Å². The van der Waals surface area contributed by atoms with Gasteiger partial charge in [-0.25, -0.2) is 0 Å². The molecule has 0 radical (unpaired) electrons. The maximum atomic E-state index is 9.57. The van der Waals surface area contributed by atoms with Crippen LogP contribution in [-0.4, -0.2) is 36.8 Å². The van der Waals surface area contributed by atoms with E-state index in [1.165, 1.54) is 5.56 Å². The second-order valence-corrected chi connectivity index (χ2v) is 5.21. The standard InChI is InChI=1S/C19H23NO2/c1-22-14-13-20(16-18-9-5-11-19(21)15-18)12-6-10-17-7-3-2-4-8-17/h2-11,15,21H,12-14,16H2,1H3/b10-6+. The van der Waals surface area contributed by atoms with Crippen molar-refractivity contribution in [1.29, 1.82) is 0 Å². The monoisotopic (exact) mass is 297 g/mol. The van der Waals surface area contributed by atoms with E-state index in [4.69, 9.17) is 4.74 Å². The van der Waals surface area contributed by atoms with E-state index >= 15 is 0 Å². The maximum absolute atomic E-state index is 9.57. The molecule has 116 valence electrons. The predicted octanol–water partition coefficient (Wildman–Crippen LogP) is 3.55. The van der Waals surface area contributed by atoms with E-state index in [1.54, 1.807) is 19.2 Å². The van der Waals surface area contributed by atoms with Crippen molar-refractivity contribution >= 4 is 6.08 Å². The van der Waals surface area contributed by atoms with Gasteiger partial charge in [-0.3, -0.25) is 4.90 Å². The van der Waals surface area contributed by atoms with Gasteiger partial charge in [0.15, 0.2) is 0 Å². The highest BCUT2D eigenvalue weighted by molar-refractivity contribution is 5.48.